The number of carbonyl (C=O) groups is 1. The van der Waals surface area contributed by atoms with Gasteiger partial charge in [-0.05, 0) is 74.4 Å². The molecule has 1 aliphatic carbocycles. The number of ether oxygens (including phenoxy) is 1. The Kier molecular flexibility index (Phi) is 5.90. The summed E-state index contributed by atoms with van der Waals surface area (Å²) in [7, 11) is 0. The largest absolute Gasteiger partial charge is 0.490 e. The third-order valence-corrected chi connectivity index (χ3v) is 5.80. The second-order valence-corrected chi connectivity index (χ2v) is 8.44. The summed E-state index contributed by atoms with van der Waals surface area (Å²) in [6, 6.07) is 7.35. The zero-order valence-electron chi connectivity index (χ0n) is 18.4. The molecule has 0 saturated heterocycles. The van der Waals surface area contributed by atoms with Crippen LogP contribution in [-0.4, -0.2) is 27.3 Å². The highest BCUT2D eigenvalue weighted by atomic mass is 19.4. The molecular weight excluding hydrogens is 437 g/mol. The molecule has 0 spiro atoms. The number of carboxylic acid groups (broad SMARTS) is 1. The van der Waals surface area contributed by atoms with Crippen molar-refractivity contribution in [2.75, 3.05) is 0 Å². The maximum Gasteiger partial charge on any atom is 0.419 e. The molecule has 1 aliphatic rings. The van der Waals surface area contributed by atoms with Crippen molar-refractivity contribution < 1.29 is 32.3 Å². The fraction of sp³-hybridized carbons (Fsp3) is 0.375. The molecule has 174 valence electrons. The number of nitrogens with zero attached hydrogens (tertiary/aromatic N) is 2. The maximum absolute atomic E-state index is 13.6. The molecule has 0 aliphatic heterocycles. The van der Waals surface area contributed by atoms with Crippen LogP contribution in [0.3, 0.4) is 0 Å². The zero-order valence-corrected chi connectivity index (χ0v) is 18.4. The highest BCUT2D eigenvalue weighted by Gasteiger charge is 2.35. The van der Waals surface area contributed by atoms with Crippen molar-refractivity contribution in [3.8, 4) is 28.6 Å². The molecule has 33 heavy (non-hydrogen) atoms. The Morgan fingerprint density at radius 1 is 1.27 bits per heavy atom. The molecule has 1 unspecified atom stereocenters. The smallest absolute Gasteiger partial charge is 0.419 e. The topological polar surface area (TPSA) is 85.5 Å². The fourth-order valence-electron chi connectivity index (χ4n) is 4.32. The molecule has 1 atom stereocenters. The first-order valence-electron chi connectivity index (χ1n) is 10.6. The number of hydrogen-bond acceptors (Lipinski definition) is 5. The van der Waals surface area contributed by atoms with Crippen molar-refractivity contribution in [2.24, 2.45) is 0 Å². The average Bonchev–Trinajstić information content (AvgIpc) is 3.35. The minimum atomic E-state index is -4.61. The van der Waals surface area contributed by atoms with Crippen molar-refractivity contribution in [3.63, 3.8) is 0 Å². The van der Waals surface area contributed by atoms with E-state index in [2.05, 4.69) is 10.1 Å². The summed E-state index contributed by atoms with van der Waals surface area (Å²) in [4.78, 5) is 15.5. The van der Waals surface area contributed by atoms with Crippen LogP contribution in [0.1, 0.15) is 54.9 Å². The number of fused-ring (bicyclic) bond motifs is 1. The molecule has 1 heterocycles. The average molecular weight is 460 g/mol. The maximum atomic E-state index is 13.6. The normalized spacial score (nSPS) is 15.7. The van der Waals surface area contributed by atoms with Gasteiger partial charge in [-0.25, -0.2) is 0 Å². The minimum Gasteiger partial charge on any atom is -0.490 e. The number of rotatable bonds is 6. The quantitative estimate of drug-likeness (QED) is 0.484. The molecule has 9 heteroatoms. The first-order chi connectivity index (χ1) is 15.5. The first kappa shape index (κ1) is 22.8. The van der Waals surface area contributed by atoms with Crippen LogP contribution in [0.5, 0.6) is 5.75 Å². The molecule has 3 aromatic rings. The van der Waals surface area contributed by atoms with Gasteiger partial charge >= 0.3 is 12.1 Å². The third-order valence-electron chi connectivity index (χ3n) is 5.80. The van der Waals surface area contributed by atoms with Gasteiger partial charge in [-0.2, -0.15) is 18.2 Å². The predicted molar refractivity (Wildman–Crippen MR) is 114 cm³/mol. The van der Waals surface area contributed by atoms with Gasteiger partial charge in [-0.1, -0.05) is 17.3 Å². The van der Waals surface area contributed by atoms with Gasteiger partial charge in [0.1, 0.15) is 5.75 Å². The molecule has 2 aromatic carbocycles. The van der Waals surface area contributed by atoms with Gasteiger partial charge in [0.25, 0.3) is 5.89 Å². The lowest BCUT2D eigenvalue weighted by Gasteiger charge is -2.16. The number of hydrogen-bond donors (Lipinski definition) is 1. The molecule has 0 saturated carbocycles. The summed E-state index contributed by atoms with van der Waals surface area (Å²) in [5.41, 5.74) is 2.93. The number of benzene rings is 2. The molecular formula is C24H23F3N2O4. The Morgan fingerprint density at radius 3 is 2.70 bits per heavy atom. The molecule has 0 radical (unpaired) electrons. The Morgan fingerprint density at radius 2 is 2.03 bits per heavy atom. The summed E-state index contributed by atoms with van der Waals surface area (Å²) in [5.74, 6) is -0.886. The van der Waals surface area contributed by atoms with Gasteiger partial charge in [-0.15, -0.1) is 0 Å². The van der Waals surface area contributed by atoms with E-state index in [4.69, 9.17) is 14.4 Å². The van der Waals surface area contributed by atoms with Gasteiger partial charge < -0.3 is 14.4 Å². The first-order valence-corrected chi connectivity index (χ1v) is 10.6. The van der Waals surface area contributed by atoms with E-state index in [1.54, 1.807) is 13.8 Å². The van der Waals surface area contributed by atoms with Crippen LogP contribution in [0.2, 0.25) is 0 Å². The van der Waals surface area contributed by atoms with Crippen molar-refractivity contribution in [1.29, 1.82) is 0 Å². The second kappa shape index (κ2) is 8.53. The summed E-state index contributed by atoms with van der Waals surface area (Å²) in [6.45, 7) is 5.22. The van der Waals surface area contributed by atoms with E-state index in [1.165, 1.54) is 12.1 Å². The molecule has 4 rings (SSSR count). The van der Waals surface area contributed by atoms with Crippen LogP contribution in [0.15, 0.2) is 34.9 Å². The van der Waals surface area contributed by atoms with Gasteiger partial charge in [0.2, 0.25) is 5.82 Å². The van der Waals surface area contributed by atoms with E-state index in [-0.39, 0.29) is 35.4 Å². The zero-order chi connectivity index (χ0) is 23.9. The van der Waals surface area contributed by atoms with Crippen LogP contribution < -0.4 is 4.74 Å². The van der Waals surface area contributed by atoms with E-state index in [1.807, 2.05) is 19.1 Å². The Bertz CT molecular complexity index is 1200. The molecule has 0 bridgehead atoms. The monoisotopic (exact) mass is 460 g/mol. The molecule has 6 nitrogen and oxygen atoms in total. The molecule has 1 aromatic heterocycles. The number of carboxylic acids is 1. The fourth-order valence-corrected chi connectivity index (χ4v) is 4.32. The van der Waals surface area contributed by atoms with Crippen molar-refractivity contribution in [2.45, 2.75) is 58.2 Å². The van der Waals surface area contributed by atoms with Gasteiger partial charge in [0.05, 0.1) is 18.1 Å². The van der Waals surface area contributed by atoms with E-state index < -0.39 is 23.8 Å². The van der Waals surface area contributed by atoms with E-state index >= 15 is 0 Å². The molecule has 0 amide bonds. The summed E-state index contributed by atoms with van der Waals surface area (Å²) in [5, 5.41) is 13.1. The van der Waals surface area contributed by atoms with Crippen molar-refractivity contribution >= 4 is 5.97 Å². The van der Waals surface area contributed by atoms with Crippen LogP contribution >= 0.6 is 0 Å². The van der Waals surface area contributed by atoms with Gasteiger partial charge in [0.15, 0.2) is 0 Å². The summed E-state index contributed by atoms with van der Waals surface area (Å²) < 4.78 is 51.3. The molecule has 1 N–H and O–H groups in total. The van der Waals surface area contributed by atoms with Crippen molar-refractivity contribution in [3.05, 3.63) is 52.6 Å². The Balaban J connectivity index is 1.67. The minimum absolute atomic E-state index is 0.0292. The Labute approximate surface area is 188 Å². The lowest BCUT2D eigenvalue weighted by molar-refractivity contribution is -0.139. The summed E-state index contributed by atoms with van der Waals surface area (Å²) >= 11 is 0. The Hall–Kier alpha value is -3.36. The van der Waals surface area contributed by atoms with Crippen LogP contribution in [0.4, 0.5) is 13.2 Å². The standard InChI is InChI=1S/C24H23F3N2O4/c1-12(2)32-20-9-5-15(10-19(20)24(25,26)27)23-28-22(29-33-23)17-7-8-18-14(11-21(30)31)4-6-16(18)13(17)3/h5,7-10,12,14H,4,6,11H2,1-3H3,(H,30,31). The molecule has 0 fully saturated rings. The van der Waals surface area contributed by atoms with E-state index in [0.29, 0.717) is 5.56 Å². The number of halogens is 3. The summed E-state index contributed by atoms with van der Waals surface area (Å²) in [6.07, 6.45) is -3.43. The van der Waals surface area contributed by atoms with Gasteiger partial charge in [-0.3, -0.25) is 4.79 Å². The highest BCUT2D eigenvalue weighted by Crippen LogP contribution is 2.41. The second-order valence-electron chi connectivity index (χ2n) is 8.44. The lowest BCUT2D eigenvalue weighted by atomic mass is 9.93. The van der Waals surface area contributed by atoms with Crippen LogP contribution in [-0.2, 0) is 17.4 Å². The van der Waals surface area contributed by atoms with E-state index in [0.717, 1.165) is 35.6 Å². The predicted octanol–water partition coefficient (Wildman–Crippen LogP) is 6.02. The number of aliphatic carboxylic acids is 1. The van der Waals surface area contributed by atoms with E-state index in [9.17, 15) is 18.0 Å². The van der Waals surface area contributed by atoms with Crippen LogP contribution in [0.25, 0.3) is 22.8 Å². The lowest BCUT2D eigenvalue weighted by Crippen LogP contribution is -2.13. The third kappa shape index (κ3) is 4.58. The number of aromatic nitrogens is 2. The van der Waals surface area contributed by atoms with Crippen molar-refractivity contribution in [1.82, 2.24) is 10.1 Å². The SMILES string of the molecule is Cc1c(-c2noc(-c3ccc(OC(C)C)c(C(F)(F)F)c3)n2)ccc2c1CCC2CC(=O)O. The van der Waals surface area contributed by atoms with Crippen LogP contribution in [0, 0.1) is 6.92 Å². The highest BCUT2D eigenvalue weighted by molar-refractivity contribution is 5.70. The number of alkyl halides is 3. The van der Waals surface area contributed by atoms with Gasteiger partial charge in [0, 0.05) is 11.1 Å².